The molecule has 5 nitrogen and oxygen atoms in total. The van der Waals surface area contributed by atoms with Crippen molar-refractivity contribution in [3.05, 3.63) is 48.7 Å². The molecule has 5 heteroatoms. The monoisotopic (exact) mass is 351 g/mol. The van der Waals surface area contributed by atoms with E-state index in [0.29, 0.717) is 6.04 Å². The lowest BCUT2D eigenvalue weighted by molar-refractivity contribution is 0.295. The highest BCUT2D eigenvalue weighted by molar-refractivity contribution is 5.63. The molecule has 0 spiro atoms. The van der Waals surface area contributed by atoms with Crippen LogP contribution in [-0.4, -0.2) is 45.2 Å². The van der Waals surface area contributed by atoms with E-state index in [-0.39, 0.29) is 0 Å². The average Bonchev–Trinajstić information content (AvgIpc) is 3.09. The molecule has 0 saturated carbocycles. The summed E-state index contributed by atoms with van der Waals surface area (Å²) in [7, 11) is 0. The highest BCUT2D eigenvalue weighted by Crippen LogP contribution is 2.20. The van der Waals surface area contributed by atoms with E-state index >= 15 is 0 Å². The molecule has 0 aliphatic heterocycles. The lowest BCUT2D eigenvalue weighted by Gasteiger charge is -2.20. The number of hydrogen-bond donors (Lipinski definition) is 1. The molecular formula is C21H29N5. The summed E-state index contributed by atoms with van der Waals surface area (Å²) in [6.07, 6.45) is 4.21. The Labute approximate surface area is 156 Å². The van der Waals surface area contributed by atoms with Crippen LogP contribution < -0.4 is 5.32 Å². The van der Waals surface area contributed by atoms with Gasteiger partial charge in [0.05, 0.1) is 11.9 Å². The van der Waals surface area contributed by atoms with Crippen LogP contribution in [0.2, 0.25) is 0 Å². The maximum absolute atomic E-state index is 4.76. The lowest BCUT2D eigenvalue weighted by atomic mass is 10.1. The number of fused-ring (bicyclic) bond motifs is 1. The number of aromatic nitrogens is 3. The fourth-order valence-corrected chi connectivity index (χ4v) is 3.24. The van der Waals surface area contributed by atoms with Crippen LogP contribution in [0.4, 0.5) is 5.82 Å². The van der Waals surface area contributed by atoms with Gasteiger partial charge in [-0.25, -0.2) is 9.50 Å². The zero-order chi connectivity index (χ0) is 18.4. The molecule has 0 saturated heterocycles. The molecule has 0 aliphatic carbocycles. The molecule has 0 aliphatic rings. The fraction of sp³-hybridized carbons (Fsp3) is 0.429. The van der Waals surface area contributed by atoms with Gasteiger partial charge in [-0.15, -0.1) is 5.10 Å². The molecule has 1 aromatic carbocycles. The summed E-state index contributed by atoms with van der Waals surface area (Å²) < 4.78 is 1.92. The summed E-state index contributed by atoms with van der Waals surface area (Å²) >= 11 is 0. The van der Waals surface area contributed by atoms with Gasteiger partial charge in [0, 0.05) is 11.6 Å². The van der Waals surface area contributed by atoms with Gasteiger partial charge >= 0.3 is 0 Å². The van der Waals surface area contributed by atoms with Crippen molar-refractivity contribution in [3.63, 3.8) is 0 Å². The van der Waals surface area contributed by atoms with Crippen LogP contribution >= 0.6 is 0 Å². The van der Waals surface area contributed by atoms with E-state index < -0.39 is 0 Å². The number of imidazole rings is 1. The smallest absolute Gasteiger partial charge is 0.154 e. The Bertz CT molecular complexity index is 808. The second-order valence-corrected chi connectivity index (χ2v) is 6.71. The Morgan fingerprint density at radius 3 is 2.58 bits per heavy atom. The zero-order valence-corrected chi connectivity index (χ0v) is 16.0. The number of benzene rings is 1. The molecule has 1 N–H and O–H groups in total. The molecule has 3 aromatic rings. The maximum atomic E-state index is 4.76. The first-order valence-corrected chi connectivity index (χ1v) is 9.60. The van der Waals surface area contributed by atoms with Gasteiger partial charge in [-0.1, -0.05) is 44.2 Å². The van der Waals surface area contributed by atoms with Crippen LogP contribution in [0, 0.1) is 0 Å². The standard InChI is InChI=1S/C21H29N5/c1-4-25(5-2)15-9-10-17(3)23-20-13-14-21-22-16-19(26(21)24-20)18-11-7-6-8-12-18/h6-8,11-14,16-17H,4-5,9-10,15H2,1-3H3,(H,23,24). The largest absolute Gasteiger partial charge is 0.366 e. The van der Waals surface area contributed by atoms with Crippen molar-refractivity contribution in [2.24, 2.45) is 0 Å². The van der Waals surface area contributed by atoms with Crippen molar-refractivity contribution in [2.75, 3.05) is 25.0 Å². The molecule has 138 valence electrons. The van der Waals surface area contributed by atoms with E-state index in [4.69, 9.17) is 5.10 Å². The molecule has 2 aromatic heterocycles. The van der Waals surface area contributed by atoms with Crippen molar-refractivity contribution < 1.29 is 0 Å². The predicted molar refractivity (Wildman–Crippen MR) is 109 cm³/mol. The first-order chi connectivity index (χ1) is 12.7. The third kappa shape index (κ3) is 4.41. The number of nitrogens with one attached hydrogen (secondary N) is 1. The third-order valence-electron chi connectivity index (χ3n) is 4.83. The van der Waals surface area contributed by atoms with Gasteiger partial charge in [-0.05, 0) is 51.5 Å². The van der Waals surface area contributed by atoms with Crippen LogP contribution in [-0.2, 0) is 0 Å². The van der Waals surface area contributed by atoms with E-state index in [0.717, 1.165) is 48.8 Å². The highest BCUT2D eigenvalue weighted by Gasteiger charge is 2.09. The van der Waals surface area contributed by atoms with Gasteiger partial charge < -0.3 is 10.2 Å². The molecule has 2 heterocycles. The molecule has 0 amide bonds. The minimum Gasteiger partial charge on any atom is -0.366 e. The molecule has 1 atom stereocenters. The van der Waals surface area contributed by atoms with Gasteiger partial charge in [0.1, 0.15) is 5.82 Å². The van der Waals surface area contributed by atoms with Crippen LogP contribution in [0.1, 0.15) is 33.6 Å². The third-order valence-corrected chi connectivity index (χ3v) is 4.83. The number of hydrogen-bond acceptors (Lipinski definition) is 4. The first kappa shape index (κ1) is 18.4. The minimum atomic E-state index is 0.388. The molecule has 0 fully saturated rings. The van der Waals surface area contributed by atoms with Gasteiger partial charge in [0.2, 0.25) is 0 Å². The number of anilines is 1. The summed E-state index contributed by atoms with van der Waals surface area (Å²) in [5.41, 5.74) is 3.00. The van der Waals surface area contributed by atoms with Crippen LogP contribution in [0.25, 0.3) is 16.9 Å². The molecule has 3 rings (SSSR count). The lowest BCUT2D eigenvalue weighted by Crippen LogP contribution is -2.25. The first-order valence-electron chi connectivity index (χ1n) is 9.60. The summed E-state index contributed by atoms with van der Waals surface area (Å²) in [5, 5.41) is 8.29. The van der Waals surface area contributed by atoms with Crippen molar-refractivity contribution in [2.45, 2.75) is 39.7 Å². The quantitative estimate of drug-likeness (QED) is 0.624. The summed E-state index contributed by atoms with van der Waals surface area (Å²) in [5.74, 6) is 0.892. The van der Waals surface area contributed by atoms with Gasteiger partial charge in [-0.2, -0.15) is 0 Å². The molecule has 26 heavy (non-hydrogen) atoms. The molecule has 1 unspecified atom stereocenters. The zero-order valence-electron chi connectivity index (χ0n) is 16.0. The molecule has 0 bridgehead atoms. The molecular weight excluding hydrogens is 322 g/mol. The van der Waals surface area contributed by atoms with Crippen molar-refractivity contribution in [3.8, 4) is 11.3 Å². The molecule has 0 radical (unpaired) electrons. The van der Waals surface area contributed by atoms with E-state index in [9.17, 15) is 0 Å². The number of rotatable bonds is 9. The highest BCUT2D eigenvalue weighted by atomic mass is 15.3. The average molecular weight is 351 g/mol. The Morgan fingerprint density at radius 1 is 1.08 bits per heavy atom. The SMILES string of the molecule is CCN(CC)CCCC(C)Nc1ccc2ncc(-c3ccccc3)n2n1. The van der Waals surface area contributed by atoms with E-state index in [1.807, 2.05) is 41.0 Å². The Balaban J connectivity index is 1.67. The minimum absolute atomic E-state index is 0.388. The van der Waals surface area contributed by atoms with Crippen LogP contribution in [0.5, 0.6) is 0 Å². The summed E-state index contributed by atoms with van der Waals surface area (Å²) in [4.78, 5) is 6.94. The van der Waals surface area contributed by atoms with Crippen molar-refractivity contribution in [1.82, 2.24) is 19.5 Å². The van der Waals surface area contributed by atoms with Gasteiger partial charge in [-0.3, -0.25) is 0 Å². The number of nitrogens with zero attached hydrogens (tertiary/aromatic N) is 4. The second-order valence-electron chi connectivity index (χ2n) is 6.71. The van der Waals surface area contributed by atoms with Crippen LogP contribution in [0.15, 0.2) is 48.7 Å². The predicted octanol–water partition coefficient (Wildman–Crippen LogP) is 4.32. The van der Waals surface area contributed by atoms with Crippen LogP contribution in [0.3, 0.4) is 0 Å². The second kappa shape index (κ2) is 8.81. The Hall–Kier alpha value is -2.40. The fourth-order valence-electron chi connectivity index (χ4n) is 3.24. The maximum Gasteiger partial charge on any atom is 0.154 e. The van der Waals surface area contributed by atoms with Gasteiger partial charge in [0.25, 0.3) is 0 Å². The Kier molecular flexibility index (Phi) is 6.23. The van der Waals surface area contributed by atoms with Gasteiger partial charge in [0.15, 0.2) is 5.65 Å². The summed E-state index contributed by atoms with van der Waals surface area (Å²) in [6, 6.07) is 14.7. The normalized spacial score (nSPS) is 12.6. The summed E-state index contributed by atoms with van der Waals surface area (Å²) in [6.45, 7) is 10.1. The topological polar surface area (TPSA) is 45.5 Å². The Morgan fingerprint density at radius 2 is 1.85 bits per heavy atom. The van der Waals surface area contributed by atoms with E-state index in [2.05, 4.69) is 48.1 Å². The van der Waals surface area contributed by atoms with E-state index in [1.165, 1.54) is 6.42 Å². The van der Waals surface area contributed by atoms with Crippen molar-refractivity contribution in [1.29, 1.82) is 0 Å². The van der Waals surface area contributed by atoms with Crippen molar-refractivity contribution >= 4 is 11.5 Å². The van der Waals surface area contributed by atoms with E-state index in [1.54, 1.807) is 0 Å².